The van der Waals surface area contributed by atoms with Crippen LogP contribution in [0.15, 0.2) is 71.0 Å². The minimum absolute atomic E-state index is 0.0235. The Morgan fingerprint density at radius 3 is 2.61 bits per heavy atom. The highest BCUT2D eigenvalue weighted by Crippen LogP contribution is 2.25. The summed E-state index contributed by atoms with van der Waals surface area (Å²) in [5.74, 6) is 0.810. The number of aromatic nitrogens is 2. The molecule has 28 heavy (non-hydrogen) atoms. The minimum Gasteiger partial charge on any atom is -0.377 e. The van der Waals surface area contributed by atoms with Gasteiger partial charge in [0.15, 0.2) is 5.17 Å². The van der Waals surface area contributed by atoms with Crippen LogP contribution in [0.25, 0.3) is 16.9 Å². The monoisotopic (exact) mass is 394 g/mol. The van der Waals surface area contributed by atoms with E-state index in [2.05, 4.69) is 15.3 Å². The Bertz CT molecular complexity index is 1010. The predicted molar refractivity (Wildman–Crippen MR) is 113 cm³/mol. The van der Waals surface area contributed by atoms with Crippen LogP contribution in [0.5, 0.6) is 0 Å². The summed E-state index contributed by atoms with van der Waals surface area (Å²) in [7, 11) is 0. The maximum atomic E-state index is 10.9. The van der Waals surface area contributed by atoms with E-state index in [9.17, 15) is 10.1 Å². The van der Waals surface area contributed by atoms with Crippen molar-refractivity contribution in [2.45, 2.75) is 6.92 Å². The first-order valence-electron chi connectivity index (χ1n) is 8.47. The van der Waals surface area contributed by atoms with Gasteiger partial charge in [-0.2, -0.15) is 10.2 Å². The van der Waals surface area contributed by atoms with Gasteiger partial charge in [0, 0.05) is 29.5 Å². The Hall–Kier alpha value is -3.46. The van der Waals surface area contributed by atoms with E-state index in [0.717, 1.165) is 22.6 Å². The number of amidine groups is 1. The lowest BCUT2D eigenvalue weighted by Crippen LogP contribution is -2.05. The van der Waals surface area contributed by atoms with Crippen LogP contribution in [0.1, 0.15) is 12.5 Å². The molecule has 0 aliphatic carbocycles. The van der Waals surface area contributed by atoms with E-state index >= 15 is 0 Å². The van der Waals surface area contributed by atoms with Crippen molar-refractivity contribution < 1.29 is 4.92 Å². The van der Waals surface area contributed by atoms with Crippen molar-refractivity contribution in [2.24, 2.45) is 15.9 Å². The molecular weight excluding hydrogens is 376 g/mol. The third kappa shape index (κ3) is 4.63. The van der Waals surface area contributed by atoms with Crippen molar-refractivity contribution in [3.8, 4) is 16.9 Å². The first-order chi connectivity index (χ1) is 13.6. The molecule has 0 saturated carbocycles. The standard InChI is InChI=1S/C19H18N6O2S/c1-2-28-19(20)22-21-12-15-13-24(16-6-4-3-5-7-16)23-18(15)14-8-10-17(11-9-14)25(26)27/h3-13H,2H2,1H3,(H2,20,22)/b21-12-. The Morgan fingerprint density at radius 1 is 1.25 bits per heavy atom. The molecular formula is C19H18N6O2S. The first kappa shape index (κ1) is 19.3. The second-order valence-electron chi connectivity index (χ2n) is 5.63. The van der Waals surface area contributed by atoms with E-state index in [1.165, 1.54) is 23.9 Å². The molecule has 9 heteroatoms. The Morgan fingerprint density at radius 2 is 1.96 bits per heavy atom. The molecule has 0 atom stereocenters. The third-order valence-corrected chi connectivity index (χ3v) is 4.43. The van der Waals surface area contributed by atoms with Gasteiger partial charge in [-0.25, -0.2) is 4.68 Å². The van der Waals surface area contributed by atoms with E-state index in [0.29, 0.717) is 10.9 Å². The van der Waals surface area contributed by atoms with Crippen LogP contribution in [0.2, 0.25) is 0 Å². The molecule has 3 rings (SSSR count). The SMILES string of the molecule is CCS/C(N)=N\N=C/c1cn(-c2ccccc2)nc1-c1ccc([N+](=O)[O-])cc1. The number of nitrogens with two attached hydrogens (primary N) is 1. The van der Waals surface area contributed by atoms with Gasteiger partial charge in [-0.1, -0.05) is 36.9 Å². The van der Waals surface area contributed by atoms with Crippen molar-refractivity contribution in [1.82, 2.24) is 9.78 Å². The quantitative estimate of drug-likeness (QED) is 0.295. The van der Waals surface area contributed by atoms with E-state index < -0.39 is 4.92 Å². The maximum absolute atomic E-state index is 10.9. The molecule has 0 bridgehead atoms. The molecule has 3 aromatic rings. The number of hydrogen-bond donors (Lipinski definition) is 1. The van der Waals surface area contributed by atoms with Crippen LogP contribution in [0.3, 0.4) is 0 Å². The van der Waals surface area contributed by atoms with Crippen LogP contribution in [-0.4, -0.2) is 31.8 Å². The van der Waals surface area contributed by atoms with Gasteiger partial charge in [-0.3, -0.25) is 10.1 Å². The number of hydrogen-bond acceptors (Lipinski definition) is 6. The van der Waals surface area contributed by atoms with Crippen LogP contribution in [-0.2, 0) is 0 Å². The van der Waals surface area contributed by atoms with Crippen LogP contribution in [0, 0.1) is 10.1 Å². The second-order valence-corrected chi connectivity index (χ2v) is 6.92. The molecule has 2 N–H and O–H groups in total. The highest BCUT2D eigenvalue weighted by atomic mass is 32.2. The molecule has 0 aliphatic heterocycles. The fourth-order valence-electron chi connectivity index (χ4n) is 2.48. The number of non-ortho nitro benzene ring substituents is 1. The number of para-hydroxylation sites is 1. The zero-order valence-corrected chi connectivity index (χ0v) is 15.9. The predicted octanol–water partition coefficient (Wildman–Crippen LogP) is 3.85. The molecule has 0 spiro atoms. The molecule has 142 valence electrons. The highest BCUT2D eigenvalue weighted by molar-refractivity contribution is 8.13. The Balaban J connectivity index is 2.01. The van der Waals surface area contributed by atoms with Crippen molar-refractivity contribution in [3.63, 3.8) is 0 Å². The topological polar surface area (TPSA) is 112 Å². The third-order valence-electron chi connectivity index (χ3n) is 3.76. The number of thioether (sulfide) groups is 1. The summed E-state index contributed by atoms with van der Waals surface area (Å²) in [4.78, 5) is 10.5. The summed E-state index contributed by atoms with van der Waals surface area (Å²) in [6, 6.07) is 15.9. The van der Waals surface area contributed by atoms with Crippen molar-refractivity contribution in [3.05, 3.63) is 76.5 Å². The summed E-state index contributed by atoms with van der Waals surface area (Å²) in [5, 5.41) is 23.9. The van der Waals surface area contributed by atoms with E-state index in [1.807, 2.05) is 43.5 Å². The number of nitrogens with zero attached hydrogens (tertiary/aromatic N) is 5. The molecule has 1 heterocycles. The van der Waals surface area contributed by atoms with Crippen LogP contribution < -0.4 is 5.73 Å². The Kier molecular flexibility index (Phi) is 6.18. The zero-order chi connectivity index (χ0) is 19.9. The van der Waals surface area contributed by atoms with Gasteiger partial charge < -0.3 is 5.73 Å². The molecule has 8 nitrogen and oxygen atoms in total. The van der Waals surface area contributed by atoms with Gasteiger partial charge >= 0.3 is 0 Å². The molecule has 0 saturated heterocycles. The summed E-state index contributed by atoms with van der Waals surface area (Å²) >= 11 is 1.40. The van der Waals surface area contributed by atoms with Crippen molar-refractivity contribution in [2.75, 3.05) is 5.75 Å². The lowest BCUT2D eigenvalue weighted by Gasteiger charge is -2.00. The van der Waals surface area contributed by atoms with Crippen molar-refractivity contribution >= 4 is 28.8 Å². The first-order valence-corrected chi connectivity index (χ1v) is 9.46. The van der Waals surface area contributed by atoms with E-state index in [4.69, 9.17) is 5.73 Å². The number of rotatable bonds is 6. The van der Waals surface area contributed by atoms with Gasteiger partial charge in [0.05, 0.1) is 16.8 Å². The molecule has 2 aromatic carbocycles. The maximum Gasteiger partial charge on any atom is 0.269 e. The van der Waals surface area contributed by atoms with E-state index in [-0.39, 0.29) is 5.69 Å². The summed E-state index contributed by atoms with van der Waals surface area (Å²) in [6.07, 6.45) is 3.40. The molecule has 0 radical (unpaired) electrons. The second kappa shape index (κ2) is 8.96. The van der Waals surface area contributed by atoms with Gasteiger partial charge in [0.1, 0.15) is 5.69 Å². The molecule has 0 fully saturated rings. The number of nitro groups is 1. The van der Waals surface area contributed by atoms with Gasteiger partial charge in [-0.05, 0) is 30.0 Å². The average Bonchev–Trinajstić information content (AvgIpc) is 3.13. The number of benzene rings is 2. The number of nitro benzene ring substituents is 1. The Labute approximate surface area is 165 Å². The molecule has 0 amide bonds. The van der Waals surface area contributed by atoms with Gasteiger partial charge in [0.2, 0.25) is 0 Å². The van der Waals surface area contributed by atoms with Gasteiger partial charge in [-0.15, -0.1) is 5.10 Å². The summed E-state index contributed by atoms with van der Waals surface area (Å²) in [5.41, 5.74) is 8.76. The lowest BCUT2D eigenvalue weighted by molar-refractivity contribution is -0.384. The fourth-order valence-corrected chi connectivity index (χ4v) is 2.89. The molecule has 1 aromatic heterocycles. The average molecular weight is 394 g/mol. The fraction of sp³-hybridized carbons (Fsp3) is 0.105. The zero-order valence-electron chi connectivity index (χ0n) is 15.1. The largest absolute Gasteiger partial charge is 0.377 e. The summed E-state index contributed by atoms with van der Waals surface area (Å²) < 4.78 is 1.73. The highest BCUT2D eigenvalue weighted by Gasteiger charge is 2.13. The van der Waals surface area contributed by atoms with E-state index in [1.54, 1.807) is 23.0 Å². The molecule has 0 aliphatic rings. The normalized spacial score (nSPS) is 11.8. The van der Waals surface area contributed by atoms with Crippen LogP contribution in [0.4, 0.5) is 5.69 Å². The summed E-state index contributed by atoms with van der Waals surface area (Å²) in [6.45, 7) is 1.98. The van der Waals surface area contributed by atoms with Crippen molar-refractivity contribution in [1.29, 1.82) is 0 Å². The van der Waals surface area contributed by atoms with Gasteiger partial charge in [0.25, 0.3) is 5.69 Å². The lowest BCUT2D eigenvalue weighted by atomic mass is 10.1. The minimum atomic E-state index is -0.433. The smallest absolute Gasteiger partial charge is 0.269 e. The molecule has 0 unspecified atom stereocenters. The van der Waals surface area contributed by atoms with Crippen LogP contribution >= 0.6 is 11.8 Å².